The van der Waals surface area contributed by atoms with Gasteiger partial charge in [0.05, 0.1) is 13.2 Å². The number of ether oxygens (including phenoxy) is 2. The molecule has 5 heteroatoms. The molecule has 0 unspecified atom stereocenters. The molecule has 0 atom stereocenters. The molecular formula is C13H18BrNO3. The van der Waals surface area contributed by atoms with Crippen molar-refractivity contribution in [3.63, 3.8) is 0 Å². The van der Waals surface area contributed by atoms with Crippen LogP contribution in [0.2, 0.25) is 0 Å². The molecule has 1 aromatic rings. The van der Waals surface area contributed by atoms with Crippen molar-refractivity contribution in [2.24, 2.45) is 0 Å². The third-order valence-corrected chi connectivity index (χ3v) is 2.76. The molecule has 1 aromatic carbocycles. The van der Waals surface area contributed by atoms with Crippen LogP contribution in [0.25, 0.3) is 0 Å². The van der Waals surface area contributed by atoms with Crippen molar-refractivity contribution >= 4 is 21.8 Å². The summed E-state index contributed by atoms with van der Waals surface area (Å²) in [7, 11) is 1.64. The largest absolute Gasteiger partial charge is 0.382 e. The first-order valence-corrected chi connectivity index (χ1v) is 6.64. The highest BCUT2D eigenvalue weighted by Gasteiger charge is 2.04. The minimum atomic E-state index is -0.0619. The Balaban J connectivity index is 2.14. The molecule has 0 aliphatic heterocycles. The number of rotatable bonds is 8. The van der Waals surface area contributed by atoms with Gasteiger partial charge in [-0.1, -0.05) is 22.0 Å². The molecule has 0 radical (unpaired) electrons. The first-order chi connectivity index (χ1) is 8.74. The van der Waals surface area contributed by atoms with Gasteiger partial charge in [-0.25, -0.2) is 0 Å². The normalized spacial score (nSPS) is 10.3. The van der Waals surface area contributed by atoms with Gasteiger partial charge in [-0.2, -0.15) is 0 Å². The zero-order chi connectivity index (χ0) is 13.2. The molecule has 4 nitrogen and oxygen atoms in total. The summed E-state index contributed by atoms with van der Waals surface area (Å²) < 4.78 is 11.1. The SMILES string of the molecule is COCCOCCCNC(=O)c1cccc(Br)c1. The van der Waals surface area contributed by atoms with Gasteiger partial charge < -0.3 is 14.8 Å². The first-order valence-electron chi connectivity index (χ1n) is 5.84. The van der Waals surface area contributed by atoms with E-state index in [0.29, 0.717) is 31.9 Å². The van der Waals surface area contributed by atoms with Gasteiger partial charge in [0.25, 0.3) is 5.91 Å². The summed E-state index contributed by atoms with van der Waals surface area (Å²) in [6.07, 6.45) is 0.795. The van der Waals surface area contributed by atoms with Crippen LogP contribution in [0.5, 0.6) is 0 Å². The molecule has 0 saturated carbocycles. The van der Waals surface area contributed by atoms with Crippen LogP contribution in [0.3, 0.4) is 0 Å². The molecule has 0 aliphatic rings. The minimum absolute atomic E-state index is 0.0619. The highest BCUT2D eigenvalue weighted by molar-refractivity contribution is 9.10. The van der Waals surface area contributed by atoms with Gasteiger partial charge in [-0.05, 0) is 24.6 Å². The number of hydrogen-bond acceptors (Lipinski definition) is 3. The van der Waals surface area contributed by atoms with Crippen molar-refractivity contribution in [2.75, 3.05) is 33.5 Å². The average Bonchev–Trinajstić information content (AvgIpc) is 2.37. The van der Waals surface area contributed by atoms with E-state index in [1.807, 2.05) is 12.1 Å². The molecule has 18 heavy (non-hydrogen) atoms. The maximum absolute atomic E-state index is 11.7. The van der Waals surface area contributed by atoms with Gasteiger partial charge in [0, 0.05) is 30.3 Å². The van der Waals surface area contributed by atoms with E-state index in [2.05, 4.69) is 21.2 Å². The summed E-state index contributed by atoms with van der Waals surface area (Å²) in [5.74, 6) is -0.0619. The second-order valence-corrected chi connectivity index (χ2v) is 4.64. The van der Waals surface area contributed by atoms with E-state index in [4.69, 9.17) is 9.47 Å². The Morgan fingerprint density at radius 1 is 1.33 bits per heavy atom. The van der Waals surface area contributed by atoms with Crippen LogP contribution in [0.1, 0.15) is 16.8 Å². The Hall–Kier alpha value is -0.910. The van der Waals surface area contributed by atoms with E-state index in [-0.39, 0.29) is 5.91 Å². The molecule has 0 heterocycles. The summed E-state index contributed by atoms with van der Waals surface area (Å²) >= 11 is 3.34. The number of nitrogens with one attached hydrogen (secondary N) is 1. The molecule has 0 aliphatic carbocycles. The van der Waals surface area contributed by atoms with Crippen molar-refractivity contribution in [3.8, 4) is 0 Å². The number of halogens is 1. The number of hydrogen-bond donors (Lipinski definition) is 1. The highest BCUT2D eigenvalue weighted by Crippen LogP contribution is 2.11. The van der Waals surface area contributed by atoms with Crippen molar-refractivity contribution < 1.29 is 14.3 Å². The summed E-state index contributed by atoms with van der Waals surface area (Å²) in [5.41, 5.74) is 0.657. The average molecular weight is 316 g/mol. The number of carbonyl (C=O) groups excluding carboxylic acids is 1. The predicted molar refractivity (Wildman–Crippen MR) is 73.8 cm³/mol. The Bertz CT molecular complexity index is 371. The monoisotopic (exact) mass is 315 g/mol. The molecule has 1 rings (SSSR count). The van der Waals surface area contributed by atoms with Gasteiger partial charge in [-0.15, -0.1) is 0 Å². The Morgan fingerprint density at radius 2 is 2.17 bits per heavy atom. The van der Waals surface area contributed by atoms with E-state index in [9.17, 15) is 4.79 Å². The van der Waals surface area contributed by atoms with E-state index >= 15 is 0 Å². The standard InChI is InChI=1S/C13H18BrNO3/c1-17-8-9-18-7-3-6-15-13(16)11-4-2-5-12(14)10-11/h2,4-5,10H,3,6-9H2,1H3,(H,15,16). The zero-order valence-corrected chi connectivity index (χ0v) is 12.0. The predicted octanol–water partition coefficient (Wildman–Crippen LogP) is 2.23. The second-order valence-electron chi connectivity index (χ2n) is 3.72. The van der Waals surface area contributed by atoms with Crippen molar-refractivity contribution in [1.29, 1.82) is 0 Å². The van der Waals surface area contributed by atoms with Crippen LogP contribution in [-0.4, -0.2) is 39.4 Å². The smallest absolute Gasteiger partial charge is 0.251 e. The summed E-state index contributed by atoms with van der Waals surface area (Å²) in [4.78, 5) is 11.7. The topological polar surface area (TPSA) is 47.6 Å². The van der Waals surface area contributed by atoms with Crippen LogP contribution in [-0.2, 0) is 9.47 Å². The maximum atomic E-state index is 11.7. The van der Waals surface area contributed by atoms with Crippen molar-refractivity contribution in [1.82, 2.24) is 5.32 Å². The summed E-state index contributed by atoms with van der Waals surface area (Å²) in [6.45, 7) is 2.43. The number of benzene rings is 1. The van der Waals surface area contributed by atoms with Gasteiger partial charge in [0.2, 0.25) is 0 Å². The lowest BCUT2D eigenvalue weighted by atomic mass is 10.2. The molecule has 100 valence electrons. The molecule has 0 bridgehead atoms. The van der Waals surface area contributed by atoms with Gasteiger partial charge in [0.1, 0.15) is 0 Å². The van der Waals surface area contributed by atoms with Crippen LogP contribution in [0.15, 0.2) is 28.7 Å². The lowest BCUT2D eigenvalue weighted by molar-refractivity contribution is 0.0688. The van der Waals surface area contributed by atoms with E-state index in [0.717, 1.165) is 10.9 Å². The van der Waals surface area contributed by atoms with Gasteiger partial charge >= 0.3 is 0 Å². The molecule has 1 amide bonds. The highest BCUT2D eigenvalue weighted by atomic mass is 79.9. The third kappa shape index (κ3) is 6.14. The fourth-order valence-electron chi connectivity index (χ4n) is 1.35. The first kappa shape index (κ1) is 15.1. The fourth-order valence-corrected chi connectivity index (χ4v) is 1.75. The van der Waals surface area contributed by atoms with Crippen LogP contribution >= 0.6 is 15.9 Å². The van der Waals surface area contributed by atoms with Crippen molar-refractivity contribution in [2.45, 2.75) is 6.42 Å². The Kier molecular flexibility index (Phi) is 7.64. The number of amides is 1. The van der Waals surface area contributed by atoms with Crippen molar-refractivity contribution in [3.05, 3.63) is 34.3 Å². The van der Waals surface area contributed by atoms with Crippen LogP contribution < -0.4 is 5.32 Å². The Morgan fingerprint density at radius 3 is 2.89 bits per heavy atom. The fraction of sp³-hybridized carbons (Fsp3) is 0.462. The lowest BCUT2D eigenvalue weighted by Gasteiger charge is -2.06. The minimum Gasteiger partial charge on any atom is -0.382 e. The van der Waals surface area contributed by atoms with Crippen LogP contribution in [0.4, 0.5) is 0 Å². The van der Waals surface area contributed by atoms with Gasteiger partial charge in [-0.3, -0.25) is 4.79 Å². The number of methoxy groups -OCH3 is 1. The van der Waals surface area contributed by atoms with E-state index in [1.54, 1.807) is 19.2 Å². The molecule has 0 fully saturated rings. The summed E-state index contributed by atoms with van der Waals surface area (Å²) in [5, 5.41) is 2.85. The quantitative estimate of drug-likeness (QED) is 0.748. The summed E-state index contributed by atoms with van der Waals surface area (Å²) in [6, 6.07) is 7.31. The molecular weight excluding hydrogens is 298 g/mol. The molecule has 0 aromatic heterocycles. The van der Waals surface area contributed by atoms with Gasteiger partial charge in [0.15, 0.2) is 0 Å². The second kappa shape index (κ2) is 9.08. The molecule has 0 saturated heterocycles. The number of carbonyl (C=O) groups is 1. The zero-order valence-electron chi connectivity index (χ0n) is 10.4. The molecule has 0 spiro atoms. The van der Waals surface area contributed by atoms with E-state index in [1.165, 1.54) is 0 Å². The Labute approximate surface area is 116 Å². The lowest BCUT2D eigenvalue weighted by Crippen LogP contribution is -2.25. The third-order valence-electron chi connectivity index (χ3n) is 2.27. The molecule has 1 N–H and O–H groups in total. The van der Waals surface area contributed by atoms with Crippen LogP contribution in [0, 0.1) is 0 Å². The maximum Gasteiger partial charge on any atom is 0.251 e. The van der Waals surface area contributed by atoms with E-state index < -0.39 is 0 Å².